The second-order valence-electron chi connectivity index (χ2n) is 7.53. The number of nitrogens with one attached hydrogen (secondary N) is 2. The van der Waals surface area contributed by atoms with Gasteiger partial charge in [-0.05, 0) is 32.1 Å². The first-order valence-electron chi connectivity index (χ1n) is 9.57. The topological polar surface area (TPSA) is 179 Å². The maximum absolute atomic E-state index is 12.8. The van der Waals surface area contributed by atoms with Crippen molar-refractivity contribution in [3.63, 3.8) is 0 Å². The molecule has 1 heterocycles. The van der Waals surface area contributed by atoms with E-state index in [4.69, 9.17) is 10.8 Å². The quantitative estimate of drug-likeness (QED) is 0.299. The number of nitrogens with two attached hydrogens (primary N) is 1. The number of hydrogen-bond donors (Lipinski definition) is 5. The Balaban J connectivity index is 2.72. The Morgan fingerprint density at radius 2 is 1.69 bits per heavy atom. The minimum Gasteiger partial charge on any atom is -0.481 e. The molecule has 4 atom stereocenters. The number of carboxylic acids is 2. The van der Waals surface area contributed by atoms with Crippen molar-refractivity contribution in [2.24, 2.45) is 11.7 Å². The second kappa shape index (κ2) is 10.7. The fourth-order valence-corrected chi connectivity index (χ4v) is 3.05. The SMILES string of the molecule is CC(NC(=O)C(N)CCC(=O)O)C(=O)NC(C(=O)N1CCCC1C(=O)O)C(C)C. The molecule has 1 fully saturated rings. The number of carbonyl (C=O) groups excluding carboxylic acids is 3. The molecule has 29 heavy (non-hydrogen) atoms. The highest BCUT2D eigenvalue weighted by molar-refractivity contribution is 5.94. The van der Waals surface area contributed by atoms with E-state index in [9.17, 15) is 29.1 Å². The van der Waals surface area contributed by atoms with E-state index in [0.29, 0.717) is 19.4 Å². The van der Waals surface area contributed by atoms with Gasteiger partial charge < -0.3 is 31.5 Å². The summed E-state index contributed by atoms with van der Waals surface area (Å²) in [6.07, 6.45) is 0.580. The van der Waals surface area contributed by atoms with Crippen molar-refractivity contribution in [1.82, 2.24) is 15.5 Å². The lowest BCUT2D eigenvalue weighted by Crippen LogP contribution is -2.57. The maximum Gasteiger partial charge on any atom is 0.326 e. The molecule has 1 rings (SSSR count). The Hall–Kier alpha value is -2.69. The van der Waals surface area contributed by atoms with Gasteiger partial charge in [-0.25, -0.2) is 4.79 Å². The molecule has 0 saturated carbocycles. The summed E-state index contributed by atoms with van der Waals surface area (Å²) in [4.78, 5) is 60.5. The maximum atomic E-state index is 12.8. The average Bonchev–Trinajstić information content (AvgIpc) is 3.12. The summed E-state index contributed by atoms with van der Waals surface area (Å²) in [6.45, 7) is 5.16. The molecule has 0 spiro atoms. The first-order chi connectivity index (χ1) is 13.5. The summed E-state index contributed by atoms with van der Waals surface area (Å²) < 4.78 is 0. The number of carbonyl (C=O) groups is 5. The van der Waals surface area contributed by atoms with E-state index in [1.54, 1.807) is 13.8 Å². The van der Waals surface area contributed by atoms with Crippen LogP contribution < -0.4 is 16.4 Å². The summed E-state index contributed by atoms with van der Waals surface area (Å²) >= 11 is 0. The summed E-state index contributed by atoms with van der Waals surface area (Å²) in [5.41, 5.74) is 5.61. The molecule has 1 aliphatic rings. The van der Waals surface area contributed by atoms with Crippen LogP contribution in [0.5, 0.6) is 0 Å². The van der Waals surface area contributed by atoms with Crippen LogP contribution in [0.1, 0.15) is 46.5 Å². The molecule has 0 aromatic carbocycles. The van der Waals surface area contributed by atoms with Gasteiger partial charge in [-0.15, -0.1) is 0 Å². The number of hydrogen-bond acceptors (Lipinski definition) is 6. The van der Waals surface area contributed by atoms with Gasteiger partial charge in [-0.3, -0.25) is 19.2 Å². The van der Waals surface area contributed by atoms with E-state index in [2.05, 4.69) is 10.6 Å². The Morgan fingerprint density at radius 1 is 1.07 bits per heavy atom. The number of aliphatic carboxylic acids is 2. The smallest absolute Gasteiger partial charge is 0.326 e. The first-order valence-corrected chi connectivity index (χ1v) is 9.57. The molecule has 4 unspecified atom stereocenters. The van der Waals surface area contributed by atoms with Crippen molar-refractivity contribution in [3.8, 4) is 0 Å². The van der Waals surface area contributed by atoms with Gasteiger partial charge in [0.15, 0.2) is 0 Å². The zero-order chi connectivity index (χ0) is 22.3. The van der Waals surface area contributed by atoms with Gasteiger partial charge in [0.25, 0.3) is 0 Å². The number of rotatable bonds is 10. The molecule has 0 aromatic rings. The van der Waals surface area contributed by atoms with Crippen LogP contribution in [0.2, 0.25) is 0 Å². The molecule has 11 heteroatoms. The van der Waals surface area contributed by atoms with E-state index in [-0.39, 0.29) is 18.8 Å². The van der Waals surface area contributed by atoms with Gasteiger partial charge in [0.2, 0.25) is 17.7 Å². The molecular weight excluding hydrogens is 384 g/mol. The van der Waals surface area contributed by atoms with Gasteiger partial charge in [0.1, 0.15) is 18.1 Å². The number of nitrogens with zero attached hydrogens (tertiary/aromatic N) is 1. The van der Waals surface area contributed by atoms with Crippen LogP contribution in [0, 0.1) is 5.92 Å². The number of carboxylic acid groups (broad SMARTS) is 2. The van der Waals surface area contributed by atoms with Crippen LogP contribution in [0.4, 0.5) is 0 Å². The zero-order valence-electron chi connectivity index (χ0n) is 16.9. The summed E-state index contributed by atoms with van der Waals surface area (Å²) in [7, 11) is 0. The second-order valence-corrected chi connectivity index (χ2v) is 7.53. The van der Waals surface area contributed by atoms with Crippen LogP contribution in [-0.2, 0) is 24.0 Å². The van der Waals surface area contributed by atoms with Gasteiger partial charge in [0.05, 0.1) is 6.04 Å². The number of amides is 3. The number of likely N-dealkylation sites (tertiary alicyclic amines) is 1. The zero-order valence-corrected chi connectivity index (χ0v) is 16.9. The van der Waals surface area contributed by atoms with Crippen molar-refractivity contribution >= 4 is 29.7 Å². The molecule has 6 N–H and O–H groups in total. The predicted octanol–water partition coefficient (Wildman–Crippen LogP) is -1.10. The van der Waals surface area contributed by atoms with Crippen molar-refractivity contribution < 1.29 is 34.2 Å². The average molecular weight is 414 g/mol. The van der Waals surface area contributed by atoms with E-state index in [0.717, 1.165) is 0 Å². The monoisotopic (exact) mass is 414 g/mol. The minimum atomic E-state index is -1.08. The van der Waals surface area contributed by atoms with Crippen LogP contribution in [0.15, 0.2) is 0 Å². The van der Waals surface area contributed by atoms with Crippen molar-refractivity contribution in [2.75, 3.05) is 6.54 Å². The molecular formula is C18H30N4O7. The minimum absolute atomic E-state index is 0.0753. The van der Waals surface area contributed by atoms with Crippen LogP contribution in [0.3, 0.4) is 0 Å². The molecule has 0 aromatic heterocycles. The normalized spacial score (nSPS) is 19.3. The molecule has 0 aliphatic carbocycles. The molecule has 11 nitrogen and oxygen atoms in total. The lowest BCUT2D eigenvalue weighted by Gasteiger charge is -2.30. The molecule has 1 saturated heterocycles. The third-order valence-corrected chi connectivity index (χ3v) is 4.81. The summed E-state index contributed by atoms with van der Waals surface area (Å²) in [5.74, 6) is -4.24. The lowest BCUT2D eigenvalue weighted by atomic mass is 10.0. The van der Waals surface area contributed by atoms with Crippen LogP contribution >= 0.6 is 0 Å². The Labute approximate surface area is 169 Å². The lowest BCUT2D eigenvalue weighted by molar-refractivity contribution is -0.150. The van der Waals surface area contributed by atoms with Gasteiger partial charge in [0, 0.05) is 13.0 Å². The Morgan fingerprint density at radius 3 is 2.21 bits per heavy atom. The van der Waals surface area contributed by atoms with Crippen LogP contribution in [-0.4, -0.2) is 75.5 Å². The largest absolute Gasteiger partial charge is 0.481 e. The molecule has 3 amide bonds. The van der Waals surface area contributed by atoms with E-state index in [1.165, 1.54) is 11.8 Å². The van der Waals surface area contributed by atoms with E-state index >= 15 is 0 Å². The van der Waals surface area contributed by atoms with Gasteiger partial charge >= 0.3 is 11.9 Å². The standard InChI is InChI=1S/C18H30N4O7/c1-9(2)14(17(27)22-8-4-5-12(22)18(28)29)21-15(25)10(3)20-16(26)11(19)6-7-13(23)24/h9-12,14H,4-8,19H2,1-3H3,(H,20,26)(H,21,25)(H,23,24)(H,28,29). The van der Waals surface area contributed by atoms with Crippen LogP contribution in [0.25, 0.3) is 0 Å². The predicted molar refractivity (Wildman–Crippen MR) is 102 cm³/mol. The molecule has 0 bridgehead atoms. The van der Waals surface area contributed by atoms with Gasteiger partial charge in [-0.1, -0.05) is 13.8 Å². The highest BCUT2D eigenvalue weighted by Gasteiger charge is 2.39. The Bertz CT molecular complexity index is 652. The van der Waals surface area contributed by atoms with E-state index in [1.807, 2.05) is 0 Å². The molecule has 1 aliphatic heterocycles. The van der Waals surface area contributed by atoms with Crippen molar-refractivity contribution in [3.05, 3.63) is 0 Å². The highest BCUT2D eigenvalue weighted by atomic mass is 16.4. The van der Waals surface area contributed by atoms with Crippen molar-refractivity contribution in [1.29, 1.82) is 0 Å². The Kier molecular flexibility index (Phi) is 9.02. The van der Waals surface area contributed by atoms with Gasteiger partial charge in [-0.2, -0.15) is 0 Å². The summed E-state index contributed by atoms with van der Waals surface area (Å²) in [5, 5.41) is 22.9. The fraction of sp³-hybridized carbons (Fsp3) is 0.722. The van der Waals surface area contributed by atoms with Crippen molar-refractivity contribution in [2.45, 2.75) is 70.6 Å². The molecule has 164 valence electrons. The third-order valence-electron chi connectivity index (χ3n) is 4.81. The third kappa shape index (κ3) is 7.00. The first kappa shape index (κ1) is 24.3. The fourth-order valence-electron chi connectivity index (χ4n) is 3.05. The molecule has 0 radical (unpaired) electrons. The highest BCUT2D eigenvalue weighted by Crippen LogP contribution is 2.20. The van der Waals surface area contributed by atoms with E-state index < -0.39 is 53.8 Å². The summed E-state index contributed by atoms with van der Waals surface area (Å²) in [6, 6.07) is -3.95.